The molecule has 0 bridgehead atoms. The van der Waals surface area contributed by atoms with Gasteiger partial charge in [-0.2, -0.15) is 0 Å². The van der Waals surface area contributed by atoms with E-state index in [1.165, 1.54) is 12.1 Å². The average Bonchev–Trinajstić information content (AvgIpc) is 3.02. The van der Waals surface area contributed by atoms with E-state index < -0.39 is 5.82 Å². The van der Waals surface area contributed by atoms with Gasteiger partial charge >= 0.3 is 0 Å². The Labute approximate surface area is 119 Å². The maximum absolute atomic E-state index is 13.8. The van der Waals surface area contributed by atoms with Crippen molar-refractivity contribution in [1.29, 1.82) is 0 Å². The minimum absolute atomic E-state index is 0.0201. The maximum Gasteiger partial charge on any atom is 0.200 e. The van der Waals surface area contributed by atoms with Gasteiger partial charge in [0.1, 0.15) is 5.58 Å². The summed E-state index contributed by atoms with van der Waals surface area (Å²) < 4.78 is 19.5. The van der Waals surface area contributed by atoms with E-state index in [-0.39, 0.29) is 16.4 Å². The number of halogens is 1. The molecular weight excluding hydrogens is 271 g/mol. The van der Waals surface area contributed by atoms with Crippen LogP contribution in [0.2, 0.25) is 0 Å². The number of nitrogens with zero attached hydrogens (tertiary/aromatic N) is 1. The van der Waals surface area contributed by atoms with Crippen molar-refractivity contribution in [2.24, 2.45) is 0 Å². The van der Waals surface area contributed by atoms with E-state index >= 15 is 0 Å². The molecule has 5 heteroatoms. The van der Waals surface area contributed by atoms with Crippen LogP contribution in [0.1, 0.15) is 0 Å². The first kappa shape index (κ1) is 12.3. The van der Waals surface area contributed by atoms with Gasteiger partial charge in [0.05, 0.1) is 17.4 Å². The zero-order chi connectivity index (χ0) is 14.4. The van der Waals surface area contributed by atoms with E-state index in [9.17, 15) is 9.18 Å². The number of hydrogen-bond donors (Lipinski definition) is 1. The number of para-hydroxylation sites is 1. The molecule has 0 saturated carbocycles. The molecule has 0 radical (unpaired) electrons. The molecule has 1 aliphatic heterocycles. The van der Waals surface area contributed by atoms with Crippen molar-refractivity contribution >= 4 is 27.6 Å². The highest BCUT2D eigenvalue weighted by molar-refractivity contribution is 5.91. The van der Waals surface area contributed by atoms with Crippen molar-refractivity contribution in [3.05, 3.63) is 52.4 Å². The number of anilines is 1. The lowest BCUT2D eigenvalue weighted by molar-refractivity contribution is 0.579. The van der Waals surface area contributed by atoms with Crippen molar-refractivity contribution in [3.8, 4) is 0 Å². The summed E-state index contributed by atoms with van der Waals surface area (Å²) in [5.41, 5.74) is 1.21. The second-order valence-corrected chi connectivity index (χ2v) is 5.15. The fourth-order valence-corrected chi connectivity index (χ4v) is 2.75. The van der Waals surface area contributed by atoms with Crippen LogP contribution in [0.25, 0.3) is 21.9 Å². The van der Waals surface area contributed by atoms with Gasteiger partial charge in [0.2, 0.25) is 5.43 Å². The Morgan fingerprint density at radius 1 is 1.19 bits per heavy atom. The molecule has 2 aromatic carbocycles. The first-order valence-electron chi connectivity index (χ1n) is 6.85. The predicted molar refractivity (Wildman–Crippen MR) is 80.2 cm³/mol. The SMILES string of the molecule is O=c1c2ccc(N3CCNC3)cc2oc2c(F)cccc12. The number of fused-ring (bicyclic) bond motifs is 2. The first-order chi connectivity index (χ1) is 10.2. The Morgan fingerprint density at radius 2 is 2.10 bits per heavy atom. The van der Waals surface area contributed by atoms with Gasteiger partial charge in [-0.05, 0) is 24.3 Å². The summed E-state index contributed by atoms with van der Waals surface area (Å²) >= 11 is 0. The molecule has 0 atom stereocenters. The largest absolute Gasteiger partial charge is 0.453 e. The van der Waals surface area contributed by atoms with E-state index in [1.807, 2.05) is 6.07 Å². The maximum atomic E-state index is 13.8. The van der Waals surface area contributed by atoms with Gasteiger partial charge in [-0.25, -0.2) is 4.39 Å². The third-order valence-electron chi connectivity index (χ3n) is 3.86. The lowest BCUT2D eigenvalue weighted by atomic mass is 10.1. The summed E-state index contributed by atoms with van der Waals surface area (Å²) in [5, 5.41) is 3.99. The third-order valence-corrected chi connectivity index (χ3v) is 3.86. The van der Waals surface area contributed by atoms with Gasteiger partial charge in [-0.1, -0.05) is 6.07 Å². The summed E-state index contributed by atoms with van der Waals surface area (Å²) in [6.45, 7) is 2.59. The summed E-state index contributed by atoms with van der Waals surface area (Å²) in [6.07, 6.45) is 0. The Morgan fingerprint density at radius 3 is 2.90 bits per heavy atom. The summed E-state index contributed by atoms with van der Waals surface area (Å²) in [7, 11) is 0. The Kier molecular flexibility index (Phi) is 2.68. The molecule has 4 rings (SSSR count). The van der Waals surface area contributed by atoms with E-state index in [2.05, 4.69) is 10.2 Å². The normalized spacial score (nSPS) is 15.2. The van der Waals surface area contributed by atoms with E-state index in [0.29, 0.717) is 11.0 Å². The summed E-state index contributed by atoms with van der Waals surface area (Å²) in [5.74, 6) is -0.514. The van der Waals surface area contributed by atoms with Crippen LogP contribution in [0, 0.1) is 5.82 Å². The Hall–Kier alpha value is -2.40. The average molecular weight is 284 g/mol. The second kappa shape index (κ2) is 4.56. The van der Waals surface area contributed by atoms with E-state index in [0.717, 1.165) is 25.4 Å². The molecule has 4 nitrogen and oxygen atoms in total. The second-order valence-electron chi connectivity index (χ2n) is 5.15. The van der Waals surface area contributed by atoms with E-state index in [4.69, 9.17) is 4.42 Å². The van der Waals surface area contributed by atoms with Crippen LogP contribution >= 0.6 is 0 Å². The van der Waals surface area contributed by atoms with Gasteiger partial charge in [0.25, 0.3) is 0 Å². The Bertz CT molecular complexity index is 898. The van der Waals surface area contributed by atoms with Crippen molar-refractivity contribution in [3.63, 3.8) is 0 Å². The molecule has 21 heavy (non-hydrogen) atoms. The molecule has 106 valence electrons. The highest BCUT2D eigenvalue weighted by Gasteiger charge is 2.15. The predicted octanol–water partition coefficient (Wildman–Crippen LogP) is 2.45. The topological polar surface area (TPSA) is 45.5 Å². The van der Waals surface area contributed by atoms with Gasteiger partial charge in [-0.3, -0.25) is 10.1 Å². The standard InChI is InChI=1S/C16H13FN2O2/c17-13-3-1-2-12-15(20)11-5-4-10(19-7-6-18-9-19)8-14(11)21-16(12)13/h1-5,8,18H,6-7,9H2. The van der Waals surface area contributed by atoms with Crippen LogP contribution in [-0.2, 0) is 0 Å². The number of rotatable bonds is 1. The molecule has 0 amide bonds. The molecular formula is C16H13FN2O2. The highest BCUT2D eigenvalue weighted by atomic mass is 19.1. The number of nitrogens with one attached hydrogen (secondary N) is 1. The van der Waals surface area contributed by atoms with Crippen LogP contribution in [0.15, 0.2) is 45.6 Å². The third kappa shape index (κ3) is 1.89. The fourth-order valence-electron chi connectivity index (χ4n) is 2.75. The van der Waals surface area contributed by atoms with Gasteiger partial charge < -0.3 is 9.32 Å². The van der Waals surface area contributed by atoms with Crippen LogP contribution in [-0.4, -0.2) is 19.8 Å². The molecule has 0 unspecified atom stereocenters. The van der Waals surface area contributed by atoms with E-state index in [1.54, 1.807) is 18.2 Å². The van der Waals surface area contributed by atoms with Crippen LogP contribution in [0.5, 0.6) is 0 Å². The number of benzene rings is 2. The highest BCUT2D eigenvalue weighted by Crippen LogP contribution is 2.25. The molecule has 3 aromatic rings. The molecule has 1 saturated heterocycles. The van der Waals surface area contributed by atoms with Crippen molar-refractivity contribution in [2.75, 3.05) is 24.7 Å². The minimum Gasteiger partial charge on any atom is -0.453 e. The van der Waals surface area contributed by atoms with Gasteiger partial charge in [-0.15, -0.1) is 0 Å². The lowest BCUT2D eigenvalue weighted by Gasteiger charge is -2.16. The van der Waals surface area contributed by atoms with Gasteiger partial charge in [0, 0.05) is 24.8 Å². The lowest BCUT2D eigenvalue weighted by Crippen LogP contribution is -2.20. The fraction of sp³-hybridized carbons (Fsp3) is 0.188. The van der Waals surface area contributed by atoms with Crippen LogP contribution in [0.4, 0.5) is 10.1 Å². The monoisotopic (exact) mass is 284 g/mol. The van der Waals surface area contributed by atoms with Gasteiger partial charge in [0.15, 0.2) is 11.4 Å². The molecule has 1 fully saturated rings. The number of hydrogen-bond acceptors (Lipinski definition) is 4. The van der Waals surface area contributed by atoms with Crippen LogP contribution < -0.4 is 15.6 Å². The molecule has 2 heterocycles. The van der Waals surface area contributed by atoms with Crippen molar-refractivity contribution in [2.45, 2.75) is 0 Å². The Balaban J connectivity index is 2.00. The smallest absolute Gasteiger partial charge is 0.200 e. The molecule has 1 aromatic heterocycles. The van der Waals surface area contributed by atoms with Crippen molar-refractivity contribution < 1.29 is 8.81 Å². The minimum atomic E-state index is -0.514. The summed E-state index contributed by atoms with van der Waals surface area (Å²) in [6, 6.07) is 9.85. The molecule has 0 aliphatic carbocycles. The molecule has 1 N–H and O–H groups in total. The first-order valence-corrected chi connectivity index (χ1v) is 6.85. The zero-order valence-electron chi connectivity index (χ0n) is 11.2. The molecule has 0 spiro atoms. The van der Waals surface area contributed by atoms with Crippen LogP contribution in [0.3, 0.4) is 0 Å². The quantitative estimate of drug-likeness (QED) is 0.697. The zero-order valence-corrected chi connectivity index (χ0v) is 11.2. The molecule has 1 aliphatic rings. The van der Waals surface area contributed by atoms with Crippen molar-refractivity contribution in [1.82, 2.24) is 5.32 Å². The summed E-state index contributed by atoms with van der Waals surface area (Å²) in [4.78, 5) is 14.6.